The van der Waals surface area contributed by atoms with Gasteiger partial charge in [-0.25, -0.2) is 0 Å². The van der Waals surface area contributed by atoms with Crippen LogP contribution >= 0.6 is 0 Å². The van der Waals surface area contributed by atoms with Crippen LogP contribution in [-0.4, -0.2) is 63.9 Å². The van der Waals surface area contributed by atoms with Gasteiger partial charge in [-0.15, -0.1) is 0 Å². The van der Waals surface area contributed by atoms with E-state index in [4.69, 9.17) is 0 Å². The van der Waals surface area contributed by atoms with Gasteiger partial charge >= 0.3 is 0 Å². The molecule has 2 heterocycles. The number of piperidine rings is 1. The second-order valence-electron chi connectivity index (χ2n) is 7.65. The lowest BCUT2D eigenvalue weighted by atomic mass is 9.77. The van der Waals surface area contributed by atoms with E-state index < -0.39 is 11.6 Å². The summed E-state index contributed by atoms with van der Waals surface area (Å²) in [5.74, 6) is -0.0201. The summed E-state index contributed by atoms with van der Waals surface area (Å²) in [5.41, 5.74) is 1.54. The molecule has 0 spiro atoms. The lowest BCUT2D eigenvalue weighted by Gasteiger charge is -2.49. The number of β-amino-alcohol motifs (C(OH)–C–C–N with tert-alkyl or cyclic N) is 1. The van der Waals surface area contributed by atoms with E-state index in [9.17, 15) is 9.90 Å². The van der Waals surface area contributed by atoms with Crippen LogP contribution in [0.1, 0.15) is 12.0 Å². The molecule has 146 valence electrons. The first kappa shape index (κ1) is 18.7. The normalized spacial score (nSPS) is 22.7. The molecule has 0 bridgehead atoms. The molecule has 4 rings (SSSR count). The van der Waals surface area contributed by atoms with E-state index in [0.717, 1.165) is 16.5 Å². The molecule has 1 fully saturated rings. The van der Waals surface area contributed by atoms with E-state index in [1.807, 2.05) is 56.6 Å². The van der Waals surface area contributed by atoms with Crippen molar-refractivity contribution >= 4 is 16.8 Å². The van der Waals surface area contributed by atoms with Gasteiger partial charge in [0.25, 0.3) is 0 Å². The second kappa shape index (κ2) is 7.37. The van der Waals surface area contributed by atoms with Crippen molar-refractivity contribution in [2.75, 3.05) is 27.2 Å². The lowest BCUT2D eigenvalue weighted by molar-refractivity contribution is -0.141. The minimum absolute atomic E-state index is 0.0201. The Morgan fingerprint density at radius 3 is 2.61 bits per heavy atom. The zero-order valence-corrected chi connectivity index (χ0v) is 16.3. The molecule has 1 aliphatic heterocycles. The topological polar surface area (TPSA) is 61.6 Å². The fourth-order valence-corrected chi connectivity index (χ4v) is 4.37. The van der Waals surface area contributed by atoms with Gasteiger partial charge in [0.15, 0.2) is 0 Å². The number of likely N-dealkylation sites (N-methyl/N-ethyl adjacent to an activating group) is 1. The summed E-state index contributed by atoms with van der Waals surface area (Å²) in [7, 11) is 3.98. The molecular weight excluding hydrogens is 352 g/mol. The van der Waals surface area contributed by atoms with E-state index in [-0.39, 0.29) is 12.5 Å². The van der Waals surface area contributed by atoms with Crippen molar-refractivity contribution in [2.24, 2.45) is 0 Å². The Bertz CT molecular complexity index is 969. The molecule has 28 heavy (non-hydrogen) atoms. The average molecular weight is 378 g/mol. The van der Waals surface area contributed by atoms with E-state index in [0.29, 0.717) is 19.5 Å². The maximum absolute atomic E-state index is 12.9. The molecule has 0 radical (unpaired) electrons. The Kier molecular flexibility index (Phi) is 4.91. The molecule has 2 atom stereocenters. The molecule has 1 saturated heterocycles. The van der Waals surface area contributed by atoms with Gasteiger partial charge in [0.05, 0.1) is 23.4 Å². The summed E-state index contributed by atoms with van der Waals surface area (Å²) in [6.07, 6.45) is 1.79. The van der Waals surface area contributed by atoms with Crippen LogP contribution in [0.2, 0.25) is 0 Å². The number of fused-ring (bicyclic) bond motifs is 1. The zero-order valence-electron chi connectivity index (χ0n) is 16.3. The third kappa shape index (κ3) is 3.08. The molecule has 1 amide bonds. The third-order valence-corrected chi connectivity index (χ3v) is 5.97. The van der Waals surface area contributed by atoms with Crippen LogP contribution < -0.4 is 0 Å². The number of para-hydroxylation sites is 1. The van der Waals surface area contributed by atoms with Crippen LogP contribution in [0.25, 0.3) is 10.9 Å². The van der Waals surface area contributed by atoms with Crippen LogP contribution in [0.4, 0.5) is 0 Å². The molecule has 1 aliphatic rings. The molecule has 0 saturated carbocycles. The molecule has 0 aliphatic carbocycles. The number of aromatic nitrogens is 2. The largest absolute Gasteiger partial charge is 0.389 e. The number of carbonyl (C=O) groups is 1. The molecule has 1 N–H and O–H groups in total. The molecule has 2 aromatic carbocycles. The summed E-state index contributed by atoms with van der Waals surface area (Å²) < 4.78 is 1.73. The van der Waals surface area contributed by atoms with Crippen molar-refractivity contribution in [3.8, 4) is 0 Å². The Hall–Kier alpha value is -2.70. The third-order valence-electron chi connectivity index (χ3n) is 5.97. The highest BCUT2D eigenvalue weighted by Gasteiger charge is 2.46. The van der Waals surface area contributed by atoms with Gasteiger partial charge in [0.2, 0.25) is 5.91 Å². The molecule has 0 unspecified atom stereocenters. The Morgan fingerprint density at radius 1 is 1.18 bits per heavy atom. The molecular formula is C22H26N4O2. The quantitative estimate of drug-likeness (QED) is 0.755. The Morgan fingerprint density at radius 2 is 1.89 bits per heavy atom. The van der Waals surface area contributed by atoms with Gasteiger partial charge in [-0.05, 0) is 32.1 Å². The SMILES string of the molecule is CN(C)[C@]1(c2ccccc2)CCN(C(=O)Cn2ncc3ccccc32)C[C@H]1O. The number of aliphatic hydroxyl groups is 1. The van der Waals surface area contributed by atoms with E-state index in [1.54, 1.807) is 15.8 Å². The van der Waals surface area contributed by atoms with Gasteiger partial charge in [-0.2, -0.15) is 5.10 Å². The molecule has 6 heteroatoms. The molecule has 3 aromatic rings. The second-order valence-corrected chi connectivity index (χ2v) is 7.65. The summed E-state index contributed by atoms with van der Waals surface area (Å²) in [4.78, 5) is 16.7. The van der Waals surface area contributed by atoms with Gasteiger partial charge in [-0.3, -0.25) is 14.4 Å². The number of likely N-dealkylation sites (tertiary alicyclic amines) is 1. The first-order valence-corrected chi connectivity index (χ1v) is 9.62. The van der Waals surface area contributed by atoms with Gasteiger partial charge in [0.1, 0.15) is 6.54 Å². The summed E-state index contributed by atoms with van der Waals surface area (Å²) >= 11 is 0. The fraction of sp³-hybridized carbons (Fsp3) is 0.364. The highest BCUT2D eigenvalue weighted by molar-refractivity contribution is 5.82. The standard InChI is InChI=1S/C22H26N4O2/c1-24(2)22(18-9-4-3-5-10-18)12-13-25(15-20(22)27)21(28)16-26-19-11-7-6-8-17(19)14-23-26/h3-11,14,20,27H,12-13,15-16H2,1-2H3/t20-,22+/m1/s1. The van der Waals surface area contributed by atoms with Crippen molar-refractivity contribution in [1.82, 2.24) is 19.6 Å². The van der Waals surface area contributed by atoms with Crippen molar-refractivity contribution in [3.05, 3.63) is 66.4 Å². The van der Waals surface area contributed by atoms with Crippen molar-refractivity contribution in [3.63, 3.8) is 0 Å². The van der Waals surface area contributed by atoms with E-state index in [1.165, 1.54) is 0 Å². The van der Waals surface area contributed by atoms with Crippen molar-refractivity contribution in [2.45, 2.75) is 24.6 Å². The number of hydrogen-bond donors (Lipinski definition) is 1. The Labute approximate surface area is 165 Å². The molecule has 1 aromatic heterocycles. The summed E-state index contributed by atoms with van der Waals surface area (Å²) in [6.45, 7) is 1.09. The van der Waals surface area contributed by atoms with Crippen molar-refractivity contribution in [1.29, 1.82) is 0 Å². The van der Waals surface area contributed by atoms with Gasteiger partial charge in [-0.1, -0.05) is 48.5 Å². The minimum Gasteiger partial charge on any atom is -0.389 e. The van der Waals surface area contributed by atoms with Crippen LogP contribution in [-0.2, 0) is 16.9 Å². The summed E-state index contributed by atoms with van der Waals surface area (Å²) in [5, 5.41) is 16.5. The minimum atomic E-state index is -0.669. The lowest BCUT2D eigenvalue weighted by Crippen LogP contribution is -2.61. The fourth-order valence-electron chi connectivity index (χ4n) is 4.37. The van der Waals surface area contributed by atoms with Gasteiger partial charge < -0.3 is 10.0 Å². The van der Waals surface area contributed by atoms with Crippen molar-refractivity contribution < 1.29 is 9.90 Å². The number of carbonyl (C=O) groups excluding carboxylic acids is 1. The first-order valence-electron chi connectivity index (χ1n) is 9.62. The summed E-state index contributed by atoms with van der Waals surface area (Å²) in [6, 6.07) is 17.9. The number of aliphatic hydroxyl groups excluding tert-OH is 1. The zero-order chi connectivity index (χ0) is 19.7. The number of benzene rings is 2. The first-order chi connectivity index (χ1) is 13.5. The predicted octanol–water partition coefficient (Wildman–Crippen LogP) is 2.09. The smallest absolute Gasteiger partial charge is 0.244 e. The monoisotopic (exact) mass is 378 g/mol. The number of hydrogen-bond acceptors (Lipinski definition) is 4. The average Bonchev–Trinajstić information content (AvgIpc) is 3.11. The molecule has 6 nitrogen and oxygen atoms in total. The maximum Gasteiger partial charge on any atom is 0.244 e. The number of rotatable bonds is 4. The highest BCUT2D eigenvalue weighted by Crippen LogP contribution is 2.37. The number of amides is 1. The highest BCUT2D eigenvalue weighted by atomic mass is 16.3. The van der Waals surface area contributed by atoms with E-state index in [2.05, 4.69) is 22.1 Å². The number of nitrogens with zero attached hydrogens (tertiary/aromatic N) is 4. The van der Waals surface area contributed by atoms with Crippen LogP contribution in [0.15, 0.2) is 60.8 Å². The van der Waals surface area contributed by atoms with Gasteiger partial charge in [0, 0.05) is 18.5 Å². The van der Waals surface area contributed by atoms with Crippen LogP contribution in [0.3, 0.4) is 0 Å². The predicted molar refractivity (Wildman–Crippen MR) is 109 cm³/mol. The van der Waals surface area contributed by atoms with E-state index >= 15 is 0 Å². The van der Waals surface area contributed by atoms with Crippen LogP contribution in [0.5, 0.6) is 0 Å². The maximum atomic E-state index is 12.9. The van der Waals surface area contributed by atoms with Crippen LogP contribution in [0, 0.1) is 0 Å². The Balaban J connectivity index is 1.52.